The summed E-state index contributed by atoms with van der Waals surface area (Å²) >= 11 is 0. The second-order valence-corrected chi connectivity index (χ2v) is 3.18. The van der Waals surface area contributed by atoms with E-state index in [0.717, 1.165) is 18.7 Å². The molecule has 2 heteroatoms. The van der Waals surface area contributed by atoms with Gasteiger partial charge in [-0.15, -0.1) is 0 Å². The van der Waals surface area contributed by atoms with E-state index in [9.17, 15) is 0 Å². The highest BCUT2D eigenvalue weighted by Crippen LogP contribution is 2.17. The zero-order chi connectivity index (χ0) is 9.68. The topological polar surface area (TPSA) is 35.2 Å². The fraction of sp³-hybridized carbons (Fsp3) is 0.455. The van der Waals surface area contributed by atoms with Crippen molar-refractivity contribution in [2.45, 2.75) is 26.4 Å². The van der Waals surface area contributed by atoms with Gasteiger partial charge in [-0.05, 0) is 31.0 Å². The van der Waals surface area contributed by atoms with Crippen LogP contribution < -0.4 is 5.73 Å². The molecule has 1 aromatic rings. The fourth-order valence-corrected chi connectivity index (χ4v) is 1.16. The van der Waals surface area contributed by atoms with Crippen molar-refractivity contribution in [1.82, 2.24) is 0 Å². The van der Waals surface area contributed by atoms with E-state index in [4.69, 9.17) is 10.5 Å². The molecular weight excluding hydrogens is 162 g/mol. The predicted octanol–water partition coefficient (Wildman–Crippen LogP) is 2.76. The van der Waals surface area contributed by atoms with E-state index in [-0.39, 0.29) is 6.10 Å². The van der Waals surface area contributed by atoms with Crippen LogP contribution in [0.15, 0.2) is 24.3 Å². The monoisotopic (exact) mass is 179 g/mol. The molecule has 0 aliphatic carbocycles. The summed E-state index contributed by atoms with van der Waals surface area (Å²) in [7, 11) is 0. The van der Waals surface area contributed by atoms with E-state index < -0.39 is 0 Å². The summed E-state index contributed by atoms with van der Waals surface area (Å²) in [6, 6.07) is 7.83. The van der Waals surface area contributed by atoms with Crippen LogP contribution in [0.4, 0.5) is 5.69 Å². The molecule has 2 N–H and O–H groups in total. The molecule has 0 aliphatic rings. The number of ether oxygens (including phenoxy) is 1. The molecule has 72 valence electrons. The Bertz CT molecular complexity index is 243. The average molecular weight is 179 g/mol. The maximum Gasteiger partial charge on any atom is 0.0796 e. The Morgan fingerprint density at radius 2 is 1.92 bits per heavy atom. The molecule has 1 atom stereocenters. The largest absolute Gasteiger partial charge is 0.399 e. The van der Waals surface area contributed by atoms with Gasteiger partial charge in [0.2, 0.25) is 0 Å². The molecule has 2 nitrogen and oxygen atoms in total. The smallest absolute Gasteiger partial charge is 0.0796 e. The summed E-state index contributed by atoms with van der Waals surface area (Å²) in [4.78, 5) is 0. The predicted molar refractivity (Wildman–Crippen MR) is 55.5 cm³/mol. The van der Waals surface area contributed by atoms with E-state index in [1.807, 2.05) is 24.3 Å². The van der Waals surface area contributed by atoms with Crippen molar-refractivity contribution < 1.29 is 4.74 Å². The Morgan fingerprint density at radius 3 is 2.46 bits per heavy atom. The SMILES string of the molecule is CCCOC(C)c1ccc(N)cc1. The van der Waals surface area contributed by atoms with Crippen molar-refractivity contribution in [3.8, 4) is 0 Å². The maximum atomic E-state index is 5.59. The third-order valence-corrected chi connectivity index (χ3v) is 1.98. The number of rotatable bonds is 4. The van der Waals surface area contributed by atoms with Crippen LogP contribution in [-0.4, -0.2) is 6.61 Å². The minimum absolute atomic E-state index is 0.167. The van der Waals surface area contributed by atoms with Crippen LogP contribution in [0.5, 0.6) is 0 Å². The number of hydrogen-bond donors (Lipinski definition) is 1. The third kappa shape index (κ3) is 3.07. The average Bonchev–Trinajstić information content (AvgIpc) is 2.15. The molecule has 0 radical (unpaired) electrons. The minimum Gasteiger partial charge on any atom is -0.399 e. The molecule has 1 unspecified atom stereocenters. The molecule has 0 spiro atoms. The molecule has 0 aliphatic heterocycles. The van der Waals surface area contributed by atoms with E-state index >= 15 is 0 Å². The lowest BCUT2D eigenvalue weighted by atomic mass is 10.1. The quantitative estimate of drug-likeness (QED) is 0.721. The zero-order valence-electron chi connectivity index (χ0n) is 8.29. The maximum absolute atomic E-state index is 5.59. The van der Waals surface area contributed by atoms with Gasteiger partial charge in [0.25, 0.3) is 0 Å². The van der Waals surface area contributed by atoms with Crippen LogP contribution in [0, 0.1) is 0 Å². The Hall–Kier alpha value is -1.02. The van der Waals surface area contributed by atoms with E-state index in [0.29, 0.717) is 0 Å². The van der Waals surface area contributed by atoms with Gasteiger partial charge in [-0.1, -0.05) is 19.1 Å². The molecule has 0 aromatic heterocycles. The summed E-state index contributed by atoms with van der Waals surface area (Å²) in [5.74, 6) is 0. The molecule has 0 saturated carbocycles. The van der Waals surface area contributed by atoms with Gasteiger partial charge < -0.3 is 10.5 Å². The van der Waals surface area contributed by atoms with Crippen LogP contribution in [0.3, 0.4) is 0 Å². The van der Waals surface area contributed by atoms with Crippen LogP contribution in [0.2, 0.25) is 0 Å². The Morgan fingerprint density at radius 1 is 1.31 bits per heavy atom. The third-order valence-electron chi connectivity index (χ3n) is 1.98. The molecule has 0 amide bonds. The minimum atomic E-state index is 0.167. The van der Waals surface area contributed by atoms with Crippen molar-refractivity contribution in [2.75, 3.05) is 12.3 Å². The van der Waals surface area contributed by atoms with E-state index in [1.54, 1.807) is 0 Å². The van der Waals surface area contributed by atoms with Gasteiger partial charge >= 0.3 is 0 Å². The van der Waals surface area contributed by atoms with Crippen molar-refractivity contribution in [1.29, 1.82) is 0 Å². The van der Waals surface area contributed by atoms with Crippen LogP contribution in [0.1, 0.15) is 31.9 Å². The zero-order valence-corrected chi connectivity index (χ0v) is 8.29. The normalized spacial score (nSPS) is 12.8. The first-order valence-corrected chi connectivity index (χ1v) is 4.71. The van der Waals surface area contributed by atoms with Gasteiger partial charge in [0.15, 0.2) is 0 Å². The number of hydrogen-bond acceptors (Lipinski definition) is 2. The van der Waals surface area contributed by atoms with Crippen molar-refractivity contribution in [3.05, 3.63) is 29.8 Å². The van der Waals surface area contributed by atoms with Gasteiger partial charge in [0, 0.05) is 12.3 Å². The van der Waals surface area contributed by atoms with Gasteiger partial charge in [-0.3, -0.25) is 0 Å². The summed E-state index contributed by atoms with van der Waals surface area (Å²) < 4.78 is 5.58. The molecule has 0 fully saturated rings. The molecule has 0 bridgehead atoms. The Kier molecular flexibility index (Phi) is 3.77. The number of anilines is 1. The highest BCUT2D eigenvalue weighted by atomic mass is 16.5. The highest BCUT2D eigenvalue weighted by Gasteiger charge is 2.03. The lowest BCUT2D eigenvalue weighted by Crippen LogP contribution is -2.00. The summed E-state index contributed by atoms with van der Waals surface area (Å²) in [6.45, 7) is 4.97. The first kappa shape index (κ1) is 10.1. The van der Waals surface area contributed by atoms with Crippen molar-refractivity contribution >= 4 is 5.69 Å². The number of nitrogen functional groups attached to an aromatic ring is 1. The fourth-order valence-electron chi connectivity index (χ4n) is 1.16. The number of benzene rings is 1. The first-order chi connectivity index (χ1) is 6.24. The Labute approximate surface area is 79.7 Å². The highest BCUT2D eigenvalue weighted by molar-refractivity contribution is 5.39. The molecule has 13 heavy (non-hydrogen) atoms. The van der Waals surface area contributed by atoms with Gasteiger partial charge in [-0.25, -0.2) is 0 Å². The second-order valence-electron chi connectivity index (χ2n) is 3.18. The lowest BCUT2D eigenvalue weighted by molar-refractivity contribution is 0.0663. The van der Waals surface area contributed by atoms with E-state index in [1.165, 1.54) is 5.56 Å². The summed E-state index contributed by atoms with van der Waals surface area (Å²) in [5, 5.41) is 0. The van der Waals surface area contributed by atoms with Crippen LogP contribution in [0.25, 0.3) is 0 Å². The van der Waals surface area contributed by atoms with E-state index in [2.05, 4.69) is 13.8 Å². The molecule has 1 rings (SSSR count). The van der Waals surface area contributed by atoms with Crippen LogP contribution in [-0.2, 0) is 4.74 Å². The Balaban J connectivity index is 2.55. The van der Waals surface area contributed by atoms with Gasteiger partial charge in [-0.2, -0.15) is 0 Å². The second kappa shape index (κ2) is 4.87. The first-order valence-electron chi connectivity index (χ1n) is 4.71. The molecule has 0 heterocycles. The number of nitrogens with two attached hydrogens (primary N) is 1. The summed E-state index contributed by atoms with van der Waals surface area (Å²) in [5.41, 5.74) is 7.57. The van der Waals surface area contributed by atoms with Crippen LogP contribution >= 0.6 is 0 Å². The molecule has 0 saturated heterocycles. The molecular formula is C11H17NO. The molecule has 1 aromatic carbocycles. The van der Waals surface area contributed by atoms with Crippen molar-refractivity contribution in [3.63, 3.8) is 0 Å². The lowest BCUT2D eigenvalue weighted by Gasteiger charge is -2.12. The van der Waals surface area contributed by atoms with Gasteiger partial charge in [0.1, 0.15) is 0 Å². The van der Waals surface area contributed by atoms with Crippen molar-refractivity contribution in [2.24, 2.45) is 0 Å². The summed E-state index contributed by atoms with van der Waals surface area (Å²) in [6.07, 6.45) is 1.22. The standard InChI is InChI=1S/C11H17NO/c1-3-8-13-9(2)10-4-6-11(12)7-5-10/h4-7,9H,3,8,12H2,1-2H3. The van der Waals surface area contributed by atoms with Gasteiger partial charge in [0.05, 0.1) is 6.10 Å².